The quantitative estimate of drug-likeness (QED) is 0.0148. The first-order valence-electron chi connectivity index (χ1n) is 42.5. The van der Waals surface area contributed by atoms with Crippen molar-refractivity contribution in [3.8, 4) is 0 Å². The van der Waals surface area contributed by atoms with Gasteiger partial charge in [-0.1, -0.05) is 81.1 Å². The standard InChI is InChI=1S/C15H27NO5.C13H23NO5.C13H22O5.C12H21NO5.2C11H19NO5.C10H17NO5/c1-3-4-5-6-7-8-14(18)20-12(2)21-15(19)10-9-13(17)11-16;1-3-5-11(16)18-13(6-4-2)19-12(17)8-7-10(15)9-14;1-6-10(14)7-8-11(15)17-9(2)18-12(16)13(3,4)5;1-3-5-10(15)17-12(4-2)18-11(16)7-6-9(14)8-13;1-11(2,3)10(15)17-7-16-9(14)5-4-8(13)6-12;1-3-4-10(14)16-8(2)17-11(15)6-5-9(13)7-12;1-2-3-9(13)15-7-16-10(14)5-4-8(12)6-11/h12H,3-11,16H2,1-2H3;13H,3-9,14H2,1-2H3;9H,6-8H2,1-5H3;12H,3-8,13H2,1-2H3;4-7,12H2,1-3H3;8H,3-7,12H2,1-2H3;2-7,11H2,1H3. The third kappa shape index (κ3) is 90.3. The normalized spacial score (nSPS) is 11.5. The van der Waals surface area contributed by atoms with Crippen LogP contribution in [-0.4, -0.2) is 208 Å². The zero-order valence-electron chi connectivity index (χ0n) is 77.4. The van der Waals surface area contributed by atoms with Crippen LogP contribution in [0.25, 0.3) is 0 Å². The molecule has 0 aliphatic rings. The topological polar surface area (TPSA) is 644 Å². The van der Waals surface area contributed by atoms with Gasteiger partial charge in [-0.25, -0.2) is 0 Å². The molecule has 0 amide bonds. The van der Waals surface area contributed by atoms with Gasteiger partial charge in [0.25, 0.3) is 0 Å². The van der Waals surface area contributed by atoms with Crippen LogP contribution in [-0.2, 0) is 167 Å². The molecule has 728 valence electrons. The fourth-order valence-corrected chi connectivity index (χ4v) is 7.92. The molecule has 12 N–H and O–H groups in total. The molecule has 126 heavy (non-hydrogen) atoms. The Bertz CT molecular complexity index is 3220. The van der Waals surface area contributed by atoms with Crippen LogP contribution in [0, 0.1) is 10.8 Å². The number of rotatable bonds is 59. The molecule has 5 unspecified atom stereocenters. The van der Waals surface area contributed by atoms with E-state index in [1.807, 2.05) is 34.6 Å². The number of ether oxygens (including phenoxy) is 14. The van der Waals surface area contributed by atoms with Crippen molar-refractivity contribution in [3.05, 3.63) is 0 Å². The summed E-state index contributed by atoms with van der Waals surface area (Å²) in [5, 5.41) is 0. The average molecular weight is 1810 g/mol. The number of ketones is 7. The lowest BCUT2D eigenvalue weighted by Crippen LogP contribution is -2.29. The van der Waals surface area contributed by atoms with E-state index in [2.05, 4.69) is 21.1 Å². The van der Waals surface area contributed by atoms with Crippen LogP contribution in [0.2, 0.25) is 0 Å². The third-order valence-electron chi connectivity index (χ3n) is 15.1. The number of esters is 14. The molecule has 0 aliphatic heterocycles. The van der Waals surface area contributed by atoms with Gasteiger partial charge >= 0.3 is 83.6 Å². The summed E-state index contributed by atoms with van der Waals surface area (Å²) in [4.78, 5) is 234. The van der Waals surface area contributed by atoms with Gasteiger partial charge in [-0.3, -0.25) is 101 Å². The van der Waals surface area contributed by atoms with Crippen LogP contribution >= 0.6 is 0 Å². The molecule has 41 heteroatoms. The van der Waals surface area contributed by atoms with Gasteiger partial charge in [0.2, 0.25) is 45.0 Å². The number of hydrogen-bond donors (Lipinski definition) is 6. The van der Waals surface area contributed by atoms with E-state index >= 15 is 0 Å². The Balaban J connectivity index is -0.000000263. The van der Waals surface area contributed by atoms with Gasteiger partial charge in [0.05, 0.1) is 95.0 Å². The second-order valence-electron chi connectivity index (χ2n) is 29.3. The SMILES string of the molecule is CC(C)(C)C(=O)OCOC(=O)CCC(=O)CN.CCC(=O)CCC(=O)OC(C)OC(=O)C(C)(C)C.CCCC(=O)OC(C)OC(=O)CCC(=O)CN.CCCC(=O)OC(CC)OC(=O)CCC(=O)CN.CCCC(=O)OC(CCC)OC(=O)CCC(=O)CN.CCCC(=O)OCOC(=O)CCC(=O)CN.CCCCCCCC(=O)OC(C)OC(=O)CCC(=O)CN. The first-order chi connectivity index (χ1) is 59.1. The number of Topliss-reactive ketones (excluding diaryl/α,β-unsaturated/α-hetero) is 7. The van der Waals surface area contributed by atoms with E-state index in [1.54, 1.807) is 55.4 Å². The van der Waals surface area contributed by atoms with Crippen molar-refractivity contribution in [2.45, 2.75) is 355 Å². The van der Waals surface area contributed by atoms with E-state index < -0.39 is 127 Å². The van der Waals surface area contributed by atoms with Crippen molar-refractivity contribution in [1.82, 2.24) is 0 Å². The van der Waals surface area contributed by atoms with Crippen LogP contribution in [0.5, 0.6) is 0 Å². The molecular formula is C85H148N6O35. The van der Waals surface area contributed by atoms with Crippen LogP contribution in [0.15, 0.2) is 0 Å². The predicted octanol–water partition coefficient (Wildman–Crippen LogP) is 7.59. The minimum Gasteiger partial charge on any atom is -0.428 e. The van der Waals surface area contributed by atoms with Crippen molar-refractivity contribution < 1.29 is 167 Å². The first kappa shape index (κ1) is 129. The summed E-state index contributed by atoms with van der Waals surface area (Å²) in [6.07, 6.45) is 7.08. The smallest absolute Gasteiger partial charge is 0.314 e. The van der Waals surface area contributed by atoms with Gasteiger partial charge in [-0.15, -0.1) is 0 Å². The highest BCUT2D eigenvalue weighted by molar-refractivity contribution is 5.88. The monoisotopic (exact) mass is 1810 g/mol. The zero-order chi connectivity index (χ0) is 98.2. The summed E-state index contributed by atoms with van der Waals surface area (Å²) in [5.41, 5.74) is 29.3. The molecule has 0 spiro atoms. The molecular weight excluding hydrogens is 1660 g/mol. The lowest BCUT2D eigenvalue weighted by molar-refractivity contribution is -0.191. The summed E-state index contributed by atoms with van der Waals surface area (Å²) >= 11 is 0. The first-order valence-corrected chi connectivity index (χ1v) is 42.5. The van der Waals surface area contributed by atoms with E-state index in [9.17, 15) is 101 Å². The van der Waals surface area contributed by atoms with Crippen molar-refractivity contribution in [1.29, 1.82) is 0 Å². The fraction of sp³-hybridized carbons (Fsp3) is 0.753. The lowest BCUT2D eigenvalue weighted by Gasteiger charge is -2.20. The highest BCUT2D eigenvalue weighted by atomic mass is 16.7. The number of hydrogen-bond acceptors (Lipinski definition) is 41. The van der Waals surface area contributed by atoms with Gasteiger partial charge in [0.15, 0.2) is 0 Å². The summed E-state index contributed by atoms with van der Waals surface area (Å²) in [7, 11) is 0. The summed E-state index contributed by atoms with van der Waals surface area (Å²) in [6.45, 7) is 28.2. The van der Waals surface area contributed by atoms with Crippen molar-refractivity contribution in [3.63, 3.8) is 0 Å². The summed E-state index contributed by atoms with van der Waals surface area (Å²) in [6, 6.07) is 0. The van der Waals surface area contributed by atoms with E-state index in [4.69, 9.17) is 86.5 Å². The van der Waals surface area contributed by atoms with Crippen LogP contribution in [0.1, 0.15) is 323 Å². The minimum absolute atomic E-state index is 0.00582. The molecule has 0 radical (unpaired) electrons. The highest BCUT2D eigenvalue weighted by Gasteiger charge is 2.28. The Morgan fingerprint density at radius 1 is 0.230 bits per heavy atom. The second-order valence-corrected chi connectivity index (χ2v) is 29.3. The molecule has 0 saturated heterocycles. The molecule has 0 bridgehead atoms. The maximum atomic E-state index is 11.5. The molecule has 0 aromatic heterocycles. The minimum atomic E-state index is -0.930. The number of carbonyl (C=O) groups excluding carboxylic acids is 21. The van der Waals surface area contributed by atoms with E-state index in [1.165, 1.54) is 27.2 Å². The molecule has 0 heterocycles. The van der Waals surface area contributed by atoms with Gasteiger partial charge in [0, 0.05) is 117 Å². The largest absolute Gasteiger partial charge is 0.428 e. The average Bonchev–Trinajstić information content (AvgIpc) is 0.899. The molecule has 0 aromatic carbocycles. The van der Waals surface area contributed by atoms with Gasteiger partial charge in [-0.2, -0.15) is 0 Å². The summed E-state index contributed by atoms with van der Waals surface area (Å²) in [5.74, 6) is -8.07. The van der Waals surface area contributed by atoms with Crippen LogP contribution in [0.4, 0.5) is 0 Å². The predicted molar refractivity (Wildman–Crippen MR) is 452 cm³/mol. The zero-order valence-corrected chi connectivity index (χ0v) is 77.4. The van der Waals surface area contributed by atoms with Crippen molar-refractivity contribution >= 4 is 124 Å². The number of unbranched alkanes of at least 4 members (excludes halogenated alkanes) is 4. The molecule has 0 rings (SSSR count). The lowest BCUT2D eigenvalue weighted by atomic mass is 9.97. The Morgan fingerprint density at radius 3 is 0.746 bits per heavy atom. The molecule has 41 nitrogen and oxygen atoms in total. The van der Waals surface area contributed by atoms with Gasteiger partial charge in [0.1, 0.15) is 40.5 Å². The van der Waals surface area contributed by atoms with E-state index in [0.717, 1.165) is 32.1 Å². The number of nitrogens with two attached hydrogens (primary N) is 6. The molecule has 0 aromatic rings. The van der Waals surface area contributed by atoms with Crippen molar-refractivity contribution in [2.75, 3.05) is 52.9 Å². The summed E-state index contributed by atoms with van der Waals surface area (Å²) < 4.78 is 67.8. The molecule has 0 fully saturated rings. The molecule has 0 aliphatic carbocycles. The second kappa shape index (κ2) is 83.3. The Labute approximate surface area is 740 Å². The third-order valence-corrected chi connectivity index (χ3v) is 15.1. The van der Waals surface area contributed by atoms with Crippen LogP contribution < -0.4 is 34.4 Å². The Kier molecular flexibility index (Phi) is 85.3. The maximum Gasteiger partial charge on any atom is 0.314 e. The maximum absolute atomic E-state index is 11.5. The van der Waals surface area contributed by atoms with Crippen LogP contribution in [0.3, 0.4) is 0 Å². The molecule has 0 saturated carbocycles. The van der Waals surface area contributed by atoms with E-state index in [0.29, 0.717) is 70.6 Å². The van der Waals surface area contributed by atoms with Gasteiger partial charge in [-0.05, 0) is 80.1 Å². The molecule has 5 atom stereocenters. The highest BCUT2D eigenvalue weighted by Crippen LogP contribution is 2.19. The Morgan fingerprint density at radius 2 is 0.468 bits per heavy atom. The van der Waals surface area contributed by atoms with Crippen molar-refractivity contribution in [2.24, 2.45) is 45.2 Å². The van der Waals surface area contributed by atoms with Gasteiger partial charge < -0.3 is 101 Å². The number of carbonyl (C=O) groups is 21. The Hall–Kier alpha value is -9.97. The van der Waals surface area contributed by atoms with E-state index in [-0.39, 0.29) is 188 Å². The fourth-order valence-electron chi connectivity index (χ4n) is 7.92.